The minimum Gasteiger partial charge on any atom is -0.465 e. The van der Waals surface area contributed by atoms with Gasteiger partial charge in [0.25, 0.3) is 0 Å². The molecule has 1 amide bonds. The maximum Gasteiger partial charge on any atom is 0.408 e. The van der Waals surface area contributed by atoms with Crippen LogP contribution in [0.1, 0.15) is 78.0 Å². The number of carboxylic acid groups (broad SMARTS) is 1. The molecule has 2 N–H and O–H groups in total. The van der Waals surface area contributed by atoms with E-state index in [1.54, 1.807) is 20.8 Å². The highest BCUT2D eigenvalue weighted by atomic mass is 19.3. The molecule has 1 rings (SSSR count). The SMILES string of the molecule is CCCCC(C)(O)C(F)(F)c1cccc([C@@H](C)N(C(=O)O)C(C)(C)C)c1F. The van der Waals surface area contributed by atoms with Crippen LogP contribution in [0.2, 0.25) is 0 Å². The molecule has 0 aliphatic heterocycles. The van der Waals surface area contributed by atoms with Gasteiger partial charge in [-0.2, -0.15) is 8.78 Å². The minimum atomic E-state index is -3.82. The Kier molecular flexibility index (Phi) is 6.97. The van der Waals surface area contributed by atoms with E-state index in [1.807, 2.05) is 6.92 Å². The van der Waals surface area contributed by atoms with Gasteiger partial charge in [0.2, 0.25) is 0 Å². The van der Waals surface area contributed by atoms with E-state index in [-0.39, 0.29) is 12.0 Å². The number of carbonyl (C=O) groups is 1. The first-order valence-corrected chi connectivity index (χ1v) is 9.09. The highest BCUT2D eigenvalue weighted by Crippen LogP contribution is 2.44. The molecule has 27 heavy (non-hydrogen) atoms. The fourth-order valence-corrected chi connectivity index (χ4v) is 3.26. The van der Waals surface area contributed by atoms with Crippen molar-refractivity contribution in [3.8, 4) is 0 Å². The number of hydrogen-bond donors (Lipinski definition) is 2. The van der Waals surface area contributed by atoms with E-state index >= 15 is 4.39 Å². The normalized spacial score (nSPS) is 15.9. The Morgan fingerprint density at radius 2 is 1.78 bits per heavy atom. The highest BCUT2D eigenvalue weighted by Gasteiger charge is 2.51. The summed E-state index contributed by atoms with van der Waals surface area (Å²) in [4.78, 5) is 12.7. The van der Waals surface area contributed by atoms with E-state index in [1.165, 1.54) is 19.1 Å². The quantitative estimate of drug-likeness (QED) is 0.629. The lowest BCUT2D eigenvalue weighted by molar-refractivity contribution is -0.184. The number of amides is 1. The second-order valence-corrected chi connectivity index (χ2v) is 8.16. The lowest BCUT2D eigenvalue weighted by Crippen LogP contribution is -2.47. The van der Waals surface area contributed by atoms with Crippen molar-refractivity contribution in [2.24, 2.45) is 0 Å². The maximum absolute atomic E-state index is 15.1. The third-order valence-corrected chi connectivity index (χ3v) is 4.83. The molecule has 1 unspecified atom stereocenters. The molecule has 1 aromatic rings. The van der Waals surface area contributed by atoms with E-state index in [4.69, 9.17) is 0 Å². The van der Waals surface area contributed by atoms with Gasteiger partial charge in [-0.3, -0.25) is 4.90 Å². The Labute approximate surface area is 159 Å². The summed E-state index contributed by atoms with van der Waals surface area (Å²) in [6, 6.07) is 2.51. The average molecular weight is 389 g/mol. The van der Waals surface area contributed by atoms with Crippen LogP contribution in [0.4, 0.5) is 18.0 Å². The van der Waals surface area contributed by atoms with Crippen molar-refractivity contribution in [2.75, 3.05) is 0 Å². The van der Waals surface area contributed by atoms with Crippen LogP contribution in [0.5, 0.6) is 0 Å². The van der Waals surface area contributed by atoms with Gasteiger partial charge in [-0.25, -0.2) is 9.18 Å². The molecule has 0 saturated carbocycles. The molecule has 0 bridgehead atoms. The Bertz CT molecular complexity index is 669. The summed E-state index contributed by atoms with van der Waals surface area (Å²) in [5.74, 6) is -5.01. The maximum atomic E-state index is 15.1. The Balaban J connectivity index is 3.44. The van der Waals surface area contributed by atoms with Crippen LogP contribution in [-0.2, 0) is 5.92 Å². The van der Waals surface area contributed by atoms with Crippen molar-refractivity contribution in [1.82, 2.24) is 4.90 Å². The van der Waals surface area contributed by atoms with Gasteiger partial charge in [0, 0.05) is 11.1 Å². The molecule has 154 valence electrons. The van der Waals surface area contributed by atoms with E-state index < -0.39 is 40.6 Å². The number of unbranched alkanes of at least 4 members (excludes halogenated alkanes) is 1. The zero-order chi connectivity index (χ0) is 21.2. The van der Waals surface area contributed by atoms with Gasteiger partial charge in [0.1, 0.15) is 11.4 Å². The number of nitrogens with zero attached hydrogens (tertiary/aromatic N) is 1. The largest absolute Gasteiger partial charge is 0.465 e. The molecule has 2 atom stereocenters. The van der Waals surface area contributed by atoms with Crippen molar-refractivity contribution in [3.05, 3.63) is 35.1 Å². The first-order chi connectivity index (χ1) is 12.2. The number of hydrogen-bond acceptors (Lipinski definition) is 2. The number of rotatable bonds is 7. The van der Waals surface area contributed by atoms with Crippen LogP contribution in [0.25, 0.3) is 0 Å². The van der Waals surface area contributed by atoms with Gasteiger partial charge >= 0.3 is 12.0 Å². The topological polar surface area (TPSA) is 60.8 Å². The average Bonchev–Trinajstić information content (AvgIpc) is 2.50. The molecule has 0 fully saturated rings. The minimum absolute atomic E-state index is 0.157. The van der Waals surface area contributed by atoms with Crippen LogP contribution in [0, 0.1) is 5.82 Å². The Morgan fingerprint density at radius 1 is 1.22 bits per heavy atom. The van der Waals surface area contributed by atoms with Gasteiger partial charge < -0.3 is 10.2 Å². The third-order valence-electron chi connectivity index (χ3n) is 4.83. The summed E-state index contributed by atoms with van der Waals surface area (Å²) in [7, 11) is 0. The van der Waals surface area contributed by atoms with Crippen molar-refractivity contribution in [1.29, 1.82) is 0 Å². The zero-order valence-electron chi connectivity index (χ0n) is 16.8. The fourth-order valence-electron chi connectivity index (χ4n) is 3.26. The fraction of sp³-hybridized carbons (Fsp3) is 0.650. The zero-order valence-corrected chi connectivity index (χ0v) is 16.8. The molecular weight excluding hydrogens is 359 g/mol. The summed E-state index contributed by atoms with van der Waals surface area (Å²) in [6.45, 7) is 9.19. The third kappa shape index (κ3) is 4.75. The lowest BCUT2D eigenvalue weighted by atomic mass is 9.85. The predicted octanol–water partition coefficient (Wildman–Crippen LogP) is 5.70. The molecule has 0 aliphatic carbocycles. The van der Waals surface area contributed by atoms with Gasteiger partial charge in [-0.05, 0) is 47.1 Å². The Hall–Kier alpha value is -1.76. The van der Waals surface area contributed by atoms with E-state index in [9.17, 15) is 23.8 Å². The summed E-state index contributed by atoms with van der Waals surface area (Å²) in [6.07, 6.45) is -0.470. The van der Waals surface area contributed by atoms with Crippen LogP contribution in [0.3, 0.4) is 0 Å². The monoisotopic (exact) mass is 389 g/mol. The smallest absolute Gasteiger partial charge is 0.408 e. The first-order valence-electron chi connectivity index (χ1n) is 9.09. The molecule has 0 aromatic heterocycles. The molecule has 0 spiro atoms. The standard InChI is InChI=1S/C20H30F3NO3/c1-7-8-12-19(6,27)20(22,23)15-11-9-10-14(16(15)21)13(2)24(17(25)26)18(3,4)5/h9-11,13,27H,7-8,12H2,1-6H3,(H,25,26)/t13-,19?/m1/s1. The summed E-state index contributed by atoms with van der Waals surface area (Å²) < 4.78 is 44.9. The molecule has 0 radical (unpaired) electrons. The molecule has 1 aromatic carbocycles. The van der Waals surface area contributed by atoms with Crippen LogP contribution in [-0.4, -0.2) is 32.3 Å². The lowest BCUT2D eigenvalue weighted by Gasteiger charge is -2.39. The molecule has 0 heterocycles. The molecule has 7 heteroatoms. The predicted molar refractivity (Wildman–Crippen MR) is 98.5 cm³/mol. The second kappa shape index (κ2) is 8.09. The van der Waals surface area contributed by atoms with Crippen LogP contribution < -0.4 is 0 Å². The van der Waals surface area contributed by atoms with Gasteiger partial charge in [-0.15, -0.1) is 0 Å². The van der Waals surface area contributed by atoms with E-state index in [0.29, 0.717) is 12.8 Å². The van der Waals surface area contributed by atoms with Gasteiger partial charge in [0.05, 0.1) is 11.6 Å². The number of alkyl halides is 2. The number of aliphatic hydroxyl groups is 1. The van der Waals surface area contributed by atoms with Crippen LogP contribution in [0.15, 0.2) is 18.2 Å². The molecule has 4 nitrogen and oxygen atoms in total. The van der Waals surface area contributed by atoms with Gasteiger partial charge in [0.15, 0.2) is 0 Å². The second-order valence-electron chi connectivity index (χ2n) is 8.16. The van der Waals surface area contributed by atoms with Crippen LogP contribution >= 0.6 is 0 Å². The summed E-state index contributed by atoms with van der Waals surface area (Å²) >= 11 is 0. The van der Waals surface area contributed by atoms with Crippen molar-refractivity contribution >= 4 is 6.09 Å². The molecular formula is C20H30F3NO3. The highest BCUT2D eigenvalue weighted by molar-refractivity contribution is 5.67. The van der Waals surface area contributed by atoms with Crippen molar-refractivity contribution < 1.29 is 28.2 Å². The molecule has 0 aliphatic rings. The number of halogens is 3. The number of benzene rings is 1. The van der Waals surface area contributed by atoms with Crippen molar-refractivity contribution in [3.63, 3.8) is 0 Å². The molecule has 0 saturated heterocycles. The van der Waals surface area contributed by atoms with E-state index in [0.717, 1.165) is 17.9 Å². The van der Waals surface area contributed by atoms with Gasteiger partial charge in [-0.1, -0.05) is 31.9 Å². The van der Waals surface area contributed by atoms with Crippen molar-refractivity contribution in [2.45, 2.75) is 83.9 Å². The Morgan fingerprint density at radius 3 is 2.22 bits per heavy atom. The first kappa shape index (κ1) is 23.3. The summed E-state index contributed by atoms with van der Waals surface area (Å²) in [5.41, 5.74) is -4.35. The summed E-state index contributed by atoms with van der Waals surface area (Å²) in [5, 5.41) is 19.8. The van der Waals surface area contributed by atoms with E-state index in [2.05, 4.69) is 0 Å².